The quantitative estimate of drug-likeness (QED) is 0.876. The first-order chi connectivity index (χ1) is 9.51. The van der Waals surface area contributed by atoms with E-state index in [2.05, 4.69) is 37.4 Å². The Balaban J connectivity index is 2.33. The van der Waals surface area contributed by atoms with Gasteiger partial charge >= 0.3 is 0 Å². The van der Waals surface area contributed by atoms with Gasteiger partial charge in [0.15, 0.2) is 0 Å². The molecule has 1 unspecified atom stereocenters. The van der Waals surface area contributed by atoms with E-state index < -0.39 is 0 Å². The molecule has 2 aromatic carbocycles. The summed E-state index contributed by atoms with van der Waals surface area (Å²) in [6, 6.07) is 11.7. The van der Waals surface area contributed by atoms with Gasteiger partial charge in [0.1, 0.15) is 5.82 Å². The third-order valence-corrected chi connectivity index (χ3v) is 3.80. The molecule has 2 aromatic rings. The highest BCUT2D eigenvalue weighted by Gasteiger charge is 2.15. The van der Waals surface area contributed by atoms with Crippen LogP contribution in [0.5, 0.6) is 0 Å². The van der Waals surface area contributed by atoms with Gasteiger partial charge in [0, 0.05) is 11.6 Å². The van der Waals surface area contributed by atoms with E-state index in [1.807, 2.05) is 26.1 Å². The number of hydrogen-bond acceptors (Lipinski definition) is 1. The first-order valence-electron chi connectivity index (χ1n) is 7.00. The third kappa shape index (κ3) is 3.26. The molecule has 20 heavy (non-hydrogen) atoms. The molecule has 0 bridgehead atoms. The van der Waals surface area contributed by atoms with Crippen LogP contribution in [0.2, 0.25) is 0 Å². The molecule has 0 amide bonds. The molecular weight excluding hydrogens is 249 g/mol. The van der Waals surface area contributed by atoms with Gasteiger partial charge in [0.2, 0.25) is 0 Å². The normalized spacial score (nSPS) is 12.4. The van der Waals surface area contributed by atoms with E-state index in [-0.39, 0.29) is 11.9 Å². The van der Waals surface area contributed by atoms with Crippen molar-refractivity contribution in [3.63, 3.8) is 0 Å². The largest absolute Gasteiger partial charge is 0.313 e. The zero-order chi connectivity index (χ0) is 14.7. The van der Waals surface area contributed by atoms with E-state index in [9.17, 15) is 4.39 Å². The molecule has 0 saturated heterocycles. The minimum Gasteiger partial charge on any atom is -0.313 e. The Hall–Kier alpha value is -1.67. The number of hydrogen-bond donors (Lipinski definition) is 1. The zero-order valence-electron chi connectivity index (χ0n) is 12.6. The topological polar surface area (TPSA) is 12.0 Å². The van der Waals surface area contributed by atoms with Crippen LogP contribution < -0.4 is 5.32 Å². The van der Waals surface area contributed by atoms with Gasteiger partial charge in [-0.15, -0.1) is 0 Å². The van der Waals surface area contributed by atoms with Crippen LogP contribution in [0.25, 0.3) is 0 Å². The Labute approximate surface area is 120 Å². The van der Waals surface area contributed by atoms with E-state index in [1.54, 1.807) is 6.07 Å². The lowest BCUT2D eigenvalue weighted by Crippen LogP contribution is -2.20. The van der Waals surface area contributed by atoms with Crippen molar-refractivity contribution in [1.29, 1.82) is 0 Å². The lowest BCUT2D eigenvalue weighted by atomic mass is 9.94. The molecule has 0 aliphatic heterocycles. The molecule has 0 heterocycles. The molecule has 0 aliphatic rings. The molecular formula is C18H22FN. The first-order valence-corrected chi connectivity index (χ1v) is 7.00. The summed E-state index contributed by atoms with van der Waals surface area (Å²) in [4.78, 5) is 0. The molecule has 1 N–H and O–H groups in total. The van der Waals surface area contributed by atoms with Crippen molar-refractivity contribution >= 4 is 0 Å². The minimum absolute atomic E-state index is 0.00426. The van der Waals surface area contributed by atoms with Crippen LogP contribution in [0.4, 0.5) is 4.39 Å². The average molecular weight is 271 g/mol. The molecule has 2 rings (SSSR count). The predicted molar refractivity (Wildman–Crippen MR) is 82.6 cm³/mol. The van der Waals surface area contributed by atoms with Gasteiger partial charge in [0.05, 0.1) is 0 Å². The van der Waals surface area contributed by atoms with Gasteiger partial charge in [-0.05, 0) is 51.4 Å². The summed E-state index contributed by atoms with van der Waals surface area (Å²) in [5.74, 6) is -0.139. The summed E-state index contributed by atoms with van der Waals surface area (Å²) >= 11 is 0. The summed E-state index contributed by atoms with van der Waals surface area (Å²) in [5.41, 5.74) is 5.59. The number of halogens is 1. The van der Waals surface area contributed by atoms with E-state index >= 15 is 0 Å². The Morgan fingerprint density at radius 3 is 2.35 bits per heavy atom. The molecule has 0 aliphatic carbocycles. The first kappa shape index (κ1) is 14.7. The van der Waals surface area contributed by atoms with E-state index in [0.717, 1.165) is 17.5 Å². The van der Waals surface area contributed by atoms with Crippen molar-refractivity contribution in [3.8, 4) is 0 Å². The standard InChI is InChI=1S/C18H22FN/c1-12-5-7-14(3)15(9-12)11-18(20-4)16-10-13(2)6-8-17(16)19/h5-10,18,20H,11H2,1-4H3. The molecule has 0 spiro atoms. The number of aryl methyl sites for hydroxylation is 3. The van der Waals surface area contributed by atoms with Crippen molar-refractivity contribution in [1.82, 2.24) is 5.32 Å². The predicted octanol–water partition coefficient (Wildman–Crippen LogP) is 4.25. The van der Waals surface area contributed by atoms with E-state index in [0.29, 0.717) is 0 Å². The van der Waals surface area contributed by atoms with Crippen LogP contribution in [-0.2, 0) is 6.42 Å². The van der Waals surface area contributed by atoms with Crippen LogP contribution in [-0.4, -0.2) is 7.05 Å². The maximum atomic E-state index is 14.0. The highest BCUT2D eigenvalue weighted by molar-refractivity contribution is 5.34. The molecule has 0 aromatic heterocycles. The van der Waals surface area contributed by atoms with Crippen molar-refractivity contribution in [2.24, 2.45) is 0 Å². The molecule has 1 nitrogen and oxygen atoms in total. The Kier molecular flexibility index (Phi) is 4.56. The van der Waals surface area contributed by atoms with Crippen molar-refractivity contribution < 1.29 is 4.39 Å². The number of rotatable bonds is 4. The average Bonchev–Trinajstić information content (AvgIpc) is 2.42. The molecule has 106 valence electrons. The molecule has 1 atom stereocenters. The van der Waals surface area contributed by atoms with Crippen LogP contribution >= 0.6 is 0 Å². The second-order valence-corrected chi connectivity index (χ2v) is 5.50. The third-order valence-electron chi connectivity index (χ3n) is 3.80. The highest BCUT2D eigenvalue weighted by Crippen LogP contribution is 2.24. The van der Waals surface area contributed by atoms with Gasteiger partial charge in [0.25, 0.3) is 0 Å². The number of nitrogens with one attached hydrogen (secondary N) is 1. The van der Waals surface area contributed by atoms with Gasteiger partial charge in [-0.25, -0.2) is 4.39 Å². The SMILES string of the molecule is CNC(Cc1cc(C)ccc1C)c1cc(C)ccc1F. The summed E-state index contributed by atoms with van der Waals surface area (Å²) in [5, 5.41) is 3.24. The van der Waals surface area contributed by atoms with Crippen LogP contribution in [0, 0.1) is 26.6 Å². The van der Waals surface area contributed by atoms with Crippen LogP contribution in [0.15, 0.2) is 36.4 Å². The van der Waals surface area contributed by atoms with E-state index in [1.165, 1.54) is 16.7 Å². The van der Waals surface area contributed by atoms with Crippen LogP contribution in [0.3, 0.4) is 0 Å². The maximum Gasteiger partial charge on any atom is 0.128 e. The minimum atomic E-state index is -0.139. The molecule has 2 heteroatoms. The summed E-state index contributed by atoms with van der Waals surface area (Å²) in [6.07, 6.45) is 0.796. The van der Waals surface area contributed by atoms with Gasteiger partial charge in [-0.1, -0.05) is 41.5 Å². The van der Waals surface area contributed by atoms with Gasteiger partial charge < -0.3 is 5.32 Å². The van der Waals surface area contributed by atoms with Crippen molar-refractivity contribution in [2.75, 3.05) is 7.05 Å². The van der Waals surface area contributed by atoms with Crippen molar-refractivity contribution in [3.05, 3.63) is 70.0 Å². The molecule has 0 saturated carbocycles. The number of benzene rings is 2. The second kappa shape index (κ2) is 6.19. The smallest absolute Gasteiger partial charge is 0.128 e. The van der Waals surface area contributed by atoms with Crippen LogP contribution in [0.1, 0.15) is 33.9 Å². The van der Waals surface area contributed by atoms with Gasteiger partial charge in [-0.3, -0.25) is 0 Å². The van der Waals surface area contributed by atoms with Gasteiger partial charge in [-0.2, -0.15) is 0 Å². The second-order valence-electron chi connectivity index (χ2n) is 5.50. The molecule has 0 fully saturated rings. The summed E-state index contributed by atoms with van der Waals surface area (Å²) in [6.45, 7) is 6.19. The Morgan fingerprint density at radius 2 is 1.65 bits per heavy atom. The van der Waals surface area contributed by atoms with E-state index in [4.69, 9.17) is 0 Å². The number of likely N-dealkylation sites (N-methyl/N-ethyl adjacent to an activating group) is 1. The molecule has 0 radical (unpaired) electrons. The zero-order valence-corrected chi connectivity index (χ0v) is 12.6. The lowest BCUT2D eigenvalue weighted by Gasteiger charge is -2.19. The highest BCUT2D eigenvalue weighted by atomic mass is 19.1. The fourth-order valence-electron chi connectivity index (χ4n) is 2.54. The fraction of sp³-hybridized carbons (Fsp3) is 0.333. The maximum absolute atomic E-state index is 14.0. The van der Waals surface area contributed by atoms with Crippen molar-refractivity contribution in [2.45, 2.75) is 33.2 Å². The Morgan fingerprint density at radius 1 is 1.00 bits per heavy atom. The summed E-state index contributed by atoms with van der Waals surface area (Å²) < 4.78 is 14.0. The summed E-state index contributed by atoms with van der Waals surface area (Å²) in [7, 11) is 1.89. The Bertz CT molecular complexity index is 604. The lowest BCUT2D eigenvalue weighted by molar-refractivity contribution is 0.532. The fourth-order valence-corrected chi connectivity index (χ4v) is 2.54. The monoisotopic (exact) mass is 271 g/mol.